The molecule has 0 bridgehead atoms. The van der Waals surface area contributed by atoms with Crippen LogP contribution >= 0.6 is 11.9 Å². The third-order valence-electron chi connectivity index (χ3n) is 2.65. The molecule has 0 aromatic heterocycles. The third kappa shape index (κ3) is 1.20. The summed E-state index contributed by atoms with van der Waals surface area (Å²) in [6, 6.07) is 0. The van der Waals surface area contributed by atoms with Crippen molar-refractivity contribution >= 4 is 23.8 Å². The van der Waals surface area contributed by atoms with Crippen molar-refractivity contribution in [3.05, 3.63) is 12.2 Å². The first-order valence-corrected chi connectivity index (χ1v) is 5.50. The molecule has 0 spiro atoms. The Bertz CT molecular complexity index is 261. The summed E-state index contributed by atoms with van der Waals surface area (Å²) in [4.78, 5) is 23.3. The zero-order valence-corrected chi connectivity index (χ0v) is 8.21. The molecule has 1 saturated heterocycles. The third-order valence-corrected chi connectivity index (χ3v) is 3.37. The normalized spacial score (nSPS) is 32.5. The molecular weight excluding hydrogens is 186 g/mol. The lowest BCUT2D eigenvalue weighted by Crippen LogP contribution is -2.23. The molecule has 3 nitrogen and oxygen atoms in total. The summed E-state index contributed by atoms with van der Waals surface area (Å²) < 4.78 is 1.31. The van der Waals surface area contributed by atoms with E-state index in [1.807, 2.05) is 12.2 Å². The molecule has 1 aliphatic carbocycles. The second-order valence-corrected chi connectivity index (χ2v) is 4.04. The molecule has 0 N–H and O–H groups in total. The fourth-order valence-corrected chi connectivity index (χ4v) is 2.58. The van der Waals surface area contributed by atoms with Crippen LogP contribution in [0.25, 0.3) is 0 Å². The molecule has 1 heterocycles. The van der Waals surface area contributed by atoms with E-state index in [0.29, 0.717) is 0 Å². The zero-order chi connectivity index (χ0) is 9.42. The Balaban J connectivity index is 2.27. The van der Waals surface area contributed by atoms with Crippen LogP contribution in [0.15, 0.2) is 12.2 Å². The lowest BCUT2D eigenvalue weighted by atomic mass is 9.85. The number of allylic oxidation sites excluding steroid dienone is 2. The second kappa shape index (κ2) is 3.18. The number of carbonyl (C=O) groups excluding carboxylic acids is 2. The Morgan fingerprint density at radius 3 is 2.08 bits per heavy atom. The van der Waals surface area contributed by atoms with Gasteiger partial charge in [0.1, 0.15) is 0 Å². The maximum atomic E-state index is 11.6. The molecule has 0 aromatic carbocycles. The number of fused-ring (bicyclic) bond motifs is 1. The highest BCUT2D eigenvalue weighted by Gasteiger charge is 2.47. The SMILES string of the molecule is CSN1C(=O)C2CC=CCC2C1=O. The van der Waals surface area contributed by atoms with Crippen LogP contribution in [0.4, 0.5) is 0 Å². The van der Waals surface area contributed by atoms with E-state index in [0.717, 1.165) is 12.8 Å². The van der Waals surface area contributed by atoms with E-state index < -0.39 is 0 Å². The van der Waals surface area contributed by atoms with Crippen molar-refractivity contribution in [3.63, 3.8) is 0 Å². The van der Waals surface area contributed by atoms with Crippen LogP contribution in [0.2, 0.25) is 0 Å². The van der Waals surface area contributed by atoms with Crippen molar-refractivity contribution in [2.75, 3.05) is 6.26 Å². The largest absolute Gasteiger partial charge is 0.273 e. The number of carbonyl (C=O) groups is 2. The van der Waals surface area contributed by atoms with Gasteiger partial charge in [-0.3, -0.25) is 9.59 Å². The molecule has 13 heavy (non-hydrogen) atoms. The van der Waals surface area contributed by atoms with E-state index in [9.17, 15) is 9.59 Å². The van der Waals surface area contributed by atoms with Gasteiger partial charge in [0.15, 0.2) is 0 Å². The average molecular weight is 197 g/mol. The van der Waals surface area contributed by atoms with Gasteiger partial charge in [-0.05, 0) is 24.8 Å². The van der Waals surface area contributed by atoms with Crippen molar-refractivity contribution < 1.29 is 9.59 Å². The molecule has 2 rings (SSSR count). The number of nitrogens with zero attached hydrogens (tertiary/aromatic N) is 1. The minimum atomic E-state index is -0.0788. The predicted molar refractivity (Wildman–Crippen MR) is 50.7 cm³/mol. The summed E-state index contributed by atoms with van der Waals surface area (Å²) in [6.07, 6.45) is 7.21. The summed E-state index contributed by atoms with van der Waals surface area (Å²) in [6.45, 7) is 0. The molecule has 70 valence electrons. The van der Waals surface area contributed by atoms with Crippen LogP contribution in [0, 0.1) is 11.8 Å². The standard InChI is InChI=1S/C9H11NO2S/c1-13-10-8(11)6-4-2-3-5-7(6)9(10)12/h2-3,6-7H,4-5H2,1H3. The molecule has 0 radical (unpaired) electrons. The minimum absolute atomic E-state index is 0.00755. The summed E-state index contributed by atoms with van der Waals surface area (Å²) in [5.41, 5.74) is 0. The van der Waals surface area contributed by atoms with Crippen molar-refractivity contribution in [1.29, 1.82) is 0 Å². The molecule has 1 aliphatic heterocycles. The van der Waals surface area contributed by atoms with Crippen LogP contribution in [-0.2, 0) is 9.59 Å². The maximum absolute atomic E-state index is 11.6. The van der Waals surface area contributed by atoms with Crippen molar-refractivity contribution in [3.8, 4) is 0 Å². The van der Waals surface area contributed by atoms with Crippen molar-refractivity contribution in [2.24, 2.45) is 11.8 Å². The number of hydrogen-bond acceptors (Lipinski definition) is 3. The van der Waals surface area contributed by atoms with E-state index in [1.165, 1.54) is 16.3 Å². The number of rotatable bonds is 1. The van der Waals surface area contributed by atoms with Crippen LogP contribution in [0.5, 0.6) is 0 Å². The van der Waals surface area contributed by atoms with Crippen LogP contribution in [0.1, 0.15) is 12.8 Å². The van der Waals surface area contributed by atoms with Gasteiger partial charge >= 0.3 is 0 Å². The van der Waals surface area contributed by atoms with Gasteiger partial charge in [-0.1, -0.05) is 12.2 Å². The van der Waals surface area contributed by atoms with Gasteiger partial charge < -0.3 is 0 Å². The highest BCUT2D eigenvalue weighted by molar-refractivity contribution is 7.97. The van der Waals surface area contributed by atoms with Gasteiger partial charge in [-0.25, -0.2) is 4.31 Å². The lowest BCUT2D eigenvalue weighted by Gasteiger charge is -2.14. The van der Waals surface area contributed by atoms with E-state index in [2.05, 4.69) is 0 Å². The van der Waals surface area contributed by atoms with Crippen LogP contribution < -0.4 is 0 Å². The van der Waals surface area contributed by atoms with E-state index in [1.54, 1.807) is 6.26 Å². The Morgan fingerprint density at radius 2 is 1.69 bits per heavy atom. The topological polar surface area (TPSA) is 37.4 Å². The summed E-state index contributed by atoms with van der Waals surface area (Å²) in [5.74, 6) is -0.173. The average Bonchev–Trinajstić information content (AvgIpc) is 2.41. The molecule has 4 heteroatoms. The quantitative estimate of drug-likeness (QED) is 0.360. The maximum Gasteiger partial charge on any atom is 0.243 e. The van der Waals surface area contributed by atoms with E-state index in [-0.39, 0.29) is 23.7 Å². The highest BCUT2D eigenvalue weighted by atomic mass is 32.2. The molecule has 0 aromatic rings. The summed E-state index contributed by atoms with van der Waals surface area (Å²) in [7, 11) is 0. The molecule has 2 amide bonds. The van der Waals surface area contributed by atoms with Crippen molar-refractivity contribution in [1.82, 2.24) is 4.31 Å². The molecule has 2 aliphatic rings. The number of hydrogen-bond donors (Lipinski definition) is 0. The lowest BCUT2D eigenvalue weighted by molar-refractivity contribution is -0.133. The molecule has 0 saturated carbocycles. The van der Waals surface area contributed by atoms with E-state index in [4.69, 9.17) is 0 Å². The first-order valence-electron chi connectivity index (χ1n) is 4.32. The van der Waals surface area contributed by atoms with Crippen LogP contribution in [0.3, 0.4) is 0 Å². The Morgan fingerprint density at radius 1 is 1.23 bits per heavy atom. The summed E-state index contributed by atoms with van der Waals surface area (Å²) >= 11 is 1.22. The Hall–Kier alpha value is -0.770. The fourth-order valence-electron chi connectivity index (χ4n) is 1.95. The van der Waals surface area contributed by atoms with Gasteiger partial charge in [-0.15, -0.1) is 0 Å². The fraction of sp³-hybridized carbons (Fsp3) is 0.556. The van der Waals surface area contributed by atoms with E-state index >= 15 is 0 Å². The van der Waals surface area contributed by atoms with Crippen molar-refractivity contribution in [2.45, 2.75) is 12.8 Å². The van der Waals surface area contributed by atoms with Gasteiger partial charge in [0.25, 0.3) is 0 Å². The number of imide groups is 1. The minimum Gasteiger partial charge on any atom is -0.273 e. The second-order valence-electron chi connectivity index (χ2n) is 3.31. The van der Waals surface area contributed by atoms with Gasteiger partial charge in [0.2, 0.25) is 11.8 Å². The Kier molecular flexibility index (Phi) is 2.15. The number of amides is 2. The van der Waals surface area contributed by atoms with Gasteiger partial charge in [0, 0.05) is 6.26 Å². The smallest absolute Gasteiger partial charge is 0.243 e. The predicted octanol–water partition coefficient (Wildman–Crippen LogP) is 1.22. The zero-order valence-electron chi connectivity index (χ0n) is 7.40. The first kappa shape index (κ1) is 8.81. The Labute approximate surface area is 81.3 Å². The molecule has 1 fully saturated rings. The highest BCUT2D eigenvalue weighted by Crippen LogP contribution is 2.37. The van der Waals surface area contributed by atoms with Gasteiger partial charge in [-0.2, -0.15) is 0 Å². The van der Waals surface area contributed by atoms with Gasteiger partial charge in [0.05, 0.1) is 11.8 Å². The molecule has 2 unspecified atom stereocenters. The van der Waals surface area contributed by atoms with Crippen LogP contribution in [-0.4, -0.2) is 22.4 Å². The molecule has 2 atom stereocenters. The molecular formula is C9H11NO2S. The first-order chi connectivity index (χ1) is 6.25. The summed E-state index contributed by atoms with van der Waals surface area (Å²) in [5, 5.41) is 0. The monoisotopic (exact) mass is 197 g/mol.